The Kier molecular flexibility index (Phi) is 5.87. The highest BCUT2D eigenvalue weighted by Crippen LogP contribution is 2.17. The van der Waals surface area contributed by atoms with Crippen molar-refractivity contribution in [3.05, 3.63) is 29.3 Å². The lowest BCUT2D eigenvalue weighted by Gasteiger charge is -2.19. The summed E-state index contributed by atoms with van der Waals surface area (Å²) in [6, 6.07) is 5.93. The molecule has 1 amide bonds. The molecule has 0 fully saturated rings. The minimum Gasteiger partial charge on any atom is -0.385 e. The molecule has 1 aromatic rings. The fraction of sp³-hybridized carbons (Fsp3) is 0.562. The summed E-state index contributed by atoms with van der Waals surface area (Å²) in [7, 11) is 1.88. The molecule has 3 nitrogen and oxygen atoms in total. The van der Waals surface area contributed by atoms with E-state index < -0.39 is 0 Å². The van der Waals surface area contributed by atoms with Crippen LogP contribution in [0.25, 0.3) is 0 Å². The maximum absolute atomic E-state index is 12.4. The van der Waals surface area contributed by atoms with Gasteiger partial charge in [0.1, 0.15) is 0 Å². The van der Waals surface area contributed by atoms with Crippen LogP contribution in [0.2, 0.25) is 0 Å². The number of anilines is 1. The third-order valence-corrected chi connectivity index (χ3v) is 3.23. The van der Waals surface area contributed by atoms with Gasteiger partial charge in [0.15, 0.2) is 0 Å². The van der Waals surface area contributed by atoms with Crippen LogP contribution in [0.3, 0.4) is 0 Å². The Morgan fingerprint density at radius 1 is 1.37 bits per heavy atom. The van der Waals surface area contributed by atoms with Gasteiger partial charge in [-0.15, -0.1) is 0 Å². The molecule has 0 aliphatic rings. The van der Waals surface area contributed by atoms with E-state index >= 15 is 0 Å². The lowest BCUT2D eigenvalue weighted by molar-refractivity contribution is 0.0788. The highest BCUT2D eigenvalue weighted by molar-refractivity contribution is 5.95. The van der Waals surface area contributed by atoms with E-state index in [0.29, 0.717) is 5.92 Å². The van der Waals surface area contributed by atoms with Gasteiger partial charge in [-0.2, -0.15) is 0 Å². The van der Waals surface area contributed by atoms with Crippen LogP contribution in [0.5, 0.6) is 0 Å². The van der Waals surface area contributed by atoms with E-state index in [0.717, 1.165) is 36.3 Å². The maximum atomic E-state index is 12.4. The van der Waals surface area contributed by atoms with Gasteiger partial charge >= 0.3 is 0 Å². The molecule has 0 spiro atoms. The Labute approximate surface area is 117 Å². The van der Waals surface area contributed by atoms with E-state index in [1.165, 1.54) is 0 Å². The van der Waals surface area contributed by atoms with Gasteiger partial charge in [0.2, 0.25) is 0 Å². The van der Waals surface area contributed by atoms with Crippen LogP contribution in [0.4, 0.5) is 5.69 Å². The van der Waals surface area contributed by atoms with Gasteiger partial charge in [-0.05, 0) is 49.9 Å². The summed E-state index contributed by atoms with van der Waals surface area (Å²) in [6.07, 6.45) is 1.04. The number of amides is 1. The molecule has 0 aliphatic heterocycles. The third kappa shape index (κ3) is 4.58. The van der Waals surface area contributed by atoms with E-state index in [4.69, 9.17) is 0 Å². The van der Waals surface area contributed by atoms with Crippen LogP contribution in [-0.2, 0) is 0 Å². The maximum Gasteiger partial charge on any atom is 0.253 e. The first kappa shape index (κ1) is 15.5. The smallest absolute Gasteiger partial charge is 0.253 e. The Morgan fingerprint density at radius 2 is 2.05 bits per heavy atom. The minimum absolute atomic E-state index is 0.112. The zero-order valence-electron chi connectivity index (χ0n) is 12.8. The normalized spacial score (nSPS) is 10.6. The summed E-state index contributed by atoms with van der Waals surface area (Å²) >= 11 is 0. The van der Waals surface area contributed by atoms with Crippen molar-refractivity contribution in [2.75, 3.05) is 25.5 Å². The third-order valence-electron chi connectivity index (χ3n) is 3.23. The Morgan fingerprint density at radius 3 is 2.58 bits per heavy atom. The number of benzene rings is 1. The van der Waals surface area contributed by atoms with Gasteiger partial charge in [0.05, 0.1) is 0 Å². The van der Waals surface area contributed by atoms with Crippen molar-refractivity contribution in [2.24, 2.45) is 5.92 Å². The van der Waals surface area contributed by atoms with Crippen molar-refractivity contribution >= 4 is 11.6 Å². The second kappa shape index (κ2) is 7.17. The first-order valence-corrected chi connectivity index (χ1v) is 7.05. The van der Waals surface area contributed by atoms with E-state index in [1.54, 1.807) is 0 Å². The van der Waals surface area contributed by atoms with Gasteiger partial charge in [0.25, 0.3) is 5.91 Å². The molecule has 0 unspecified atom stereocenters. The molecule has 0 bridgehead atoms. The first-order chi connectivity index (χ1) is 8.95. The van der Waals surface area contributed by atoms with Crippen LogP contribution in [0.1, 0.15) is 43.1 Å². The van der Waals surface area contributed by atoms with Crippen LogP contribution >= 0.6 is 0 Å². The number of carbonyl (C=O) groups excluding carboxylic acids is 1. The quantitative estimate of drug-likeness (QED) is 0.850. The highest BCUT2D eigenvalue weighted by atomic mass is 16.2. The molecule has 0 radical (unpaired) electrons. The lowest BCUT2D eigenvalue weighted by Crippen LogP contribution is -2.29. The summed E-state index contributed by atoms with van der Waals surface area (Å²) in [5, 5.41) is 3.26. The average Bonchev–Trinajstić information content (AvgIpc) is 2.35. The van der Waals surface area contributed by atoms with Crippen LogP contribution in [0.15, 0.2) is 18.2 Å². The van der Waals surface area contributed by atoms with Crippen molar-refractivity contribution in [2.45, 2.75) is 34.1 Å². The van der Waals surface area contributed by atoms with Crippen molar-refractivity contribution in [3.8, 4) is 0 Å². The standard InChI is InChI=1S/C16H26N2O/c1-6-17-14-7-8-15(13(4)11-14)16(19)18(5)10-9-12(2)3/h7-8,11-12,17H,6,9-10H2,1-5H3. The molecule has 0 heterocycles. The summed E-state index contributed by atoms with van der Waals surface area (Å²) < 4.78 is 0. The van der Waals surface area contributed by atoms with Gasteiger partial charge in [-0.1, -0.05) is 13.8 Å². The summed E-state index contributed by atoms with van der Waals surface area (Å²) in [5.74, 6) is 0.730. The zero-order valence-corrected chi connectivity index (χ0v) is 12.8. The second-order valence-electron chi connectivity index (χ2n) is 5.47. The topological polar surface area (TPSA) is 32.3 Å². The number of hydrogen-bond acceptors (Lipinski definition) is 2. The summed E-state index contributed by atoms with van der Waals surface area (Å²) in [5.41, 5.74) is 2.90. The second-order valence-corrected chi connectivity index (χ2v) is 5.47. The number of aryl methyl sites for hydroxylation is 1. The molecule has 3 heteroatoms. The largest absolute Gasteiger partial charge is 0.385 e. The van der Waals surface area contributed by atoms with Crippen LogP contribution < -0.4 is 5.32 Å². The number of hydrogen-bond donors (Lipinski definition) is 1. The van der Waals surface area contributed by atoms with Gasteiger partial charge < -0.3 is 10.2 Å². The molecule has 0 aromatic heterocycles. The molecular weight excluding hydrogens is 236 g/mol. The summed E-state index contributed by atoms with van der Waals surface area (Å²) in [4.78, 5) is 14.2. The Bertz CT molecular complexity index is 427. The van der Waals surface area contributed by atoms with E-state index in [1.807, 2.05) is 37.1 Å². The molecule has 0 saturated carbocycles. The number of nitrogens with zero attached hydrogens (tertiary/aromatic N) is 1. The fourth-order valence-corrected chi connectivity index (χ4v) is 1.98. The van der Waals surface area contributed by atoms with Crippen molar-refractivity contribution in [3.63, 3.8) is 0 Å². The van der Waals surface area contributed by atoms with Crippen molar-refractivity contribution in [1.29, 1.82) is 0 Å². The Hall–Kier alpha value is -1.51. The SMILES string of the molecule is CCNc1ccc(C(=O)N(C)CCC(C)C)c(C)c1. The molecule has 1 rings (SSSR count). The van der Waals surface area contributed by atoms with Gasteiger partial charge in [-0.25, -0.2) is 0 Å². The fourth-order valence-electron chi connectivity index (χ4n) is 1.98. The summed E-state index contributed by atoms with van der Waals surface area (Å²) in [6.45, 7) is 10.1. The first-order valence-electron chi connectivity index (χ1n) is 7.05. The van der Waals surface area contributed by atoms with Gasteiger partial charge in [-0.3, -0.25) is 4.79 Å². The number of rotatable bonds is 6. The molecule has 0 saturated heterocycles. The number of carbonyl (C=O) groups is 1. The minimum atomic E-state index is 0.112. The monoisotopic (exact) mass is 262 g/mol. The van der Waals surface area contributed by atoms with Gasteiger partial charge in [0, 0.05) is 31.4 Å². The van der Waals surface area contributed by atoms with E-state index in [-0.39, 0.29) is 5.91 Å². The molecule has 106 valence electrons. The molecule has 1 aromatic carbocycles. The predicted molar refractivity (Wildman–Crippen MR) is 81.8 cm³/mol. The predicted octanol–water partition coefficient (Wildman–Crippen LogP) is 3.54. The number of nitrogens with one attached hydrogen (secondary N) is 1. The Balaban J connectivity index is 2.76. The van der Waals surface area contributed by atoms with E-state index in [2.05, 4.69) is 26.1 Å². The zero-order chi connectivity index (χ0) is 14.4. The molecule has 0 atom stereocenters. The highest BCUT2D eigenvalue weighted by Gasteiger charge is 2.14. The molecule has 0 aliphatic carbocycles. The van der Waals surface area contributed by atoms with Crippen molar-refractivity contribution in [1.82, 2.24) is 4.90 Å². The molecule has 1 N–H and O–H groups in total. The molecular formula is C16H26N2O. The van der Waals surface area contributed by atoms with Crippen LogP contribution in [-0.4, -0.2) is 30.9 Å². The lowest BCUT2D eigenvalue weighted by atomic mass is 10.1. The van der Waals surface area contributed by atoms with Crippen molar-refractivity contribution < 1.29 is 4.79 Å². The van der Waals surface area contributed by atoms with E-state index in [9.17, 15) is 4.79 Å². The van der Waals surface area contributed by atoms with Crippen LogP contribution in [0, 0.1) is 12.8 Å². The molecule has 19 heavy (non-hydrogen) atoms. The average molecular weight is 262 g/mol.